The molecule has 0 aliphatic heterocycles. The molecule has 0 spiro atoms. The first kappa shape index (κ1) is 13.4. The van der Waals surface area contributed by atoms with Crippen molar-refractivity contribution in [1.29, 1.82) is 0 Å². The number of aryl methyl sites for hydroxylation is 2. The summed E-state index contributed by atoms with van der Waals surface area (Å²) in [6, 6.07) is 9.08. The zero-order valence-electron chi connectivity index (χ0n) is 10.9. The van der Waals surface area contributed by atoms with E-state index in [-0.39, 0.29) is 5.56 Å². The van der Waals surface area contributed by atoms with Crippen LogP contribution < -0.4 is 11.3 Å². The summed E-state index contributed by atoms with van der Waals surface area (Å²) >= 11 is 5.03. The summed E-state index contributed by atoms with van der Waals surface area (Å²) in [7, 11) is 0. The third kappa shape index (κ3) is 2.88. The molecule has 4 nitrogen and oxygen atoms in total. The van der Waals surface area contributed by atoms with Crippen LogP contribution in [0.2, 0.25) is 0 Å². The number of aromatic nitrogens is 2. The number of nitrogens with two attached hydrogens (primary N) is 1. The number of hydrogen-bond acceptors (Lipinski definition) is 3. The molecule has 0 aliphatic rings. The zero-order chi connectivity index (χ0) is 14.0. The van der Waals surface area contributed by atoms with Gasteiger partial charge in [0.2, 0.25) is 0 Å². The van der Waals surface area contributed by atoms with Crippen LogP contribution in [0.25, 0.3) is 0 Å². The molecule has 0 atom stereocenters. The second-order valence-corrected chi connectivity index (χ2v) is 4.83. The highest BCUT2D eigenvalue weighted by Crippen LogP contribution is 2.10. The van der Waals surface area contributed by atoms with Gasteiger partial charge < -0.3 is 5.73 Å². The minimum Gasteiger partial charge on any atom is -0.389 e. The molecule has 98 valence electrons. The Morgan fingerprint density at radius 2 is 2.05 bits per heavy atom. The van der Waals surface area contributed by atoms with Crippen molar-refractivity contribution in [1.82, 2.24) is 9.55 Å². The molecular weight excluding hydrogens is 258 g/mol. The standard InChI is InChI=1S/C14H15N3OS/c1-9-7-13(18)17(10(2)16-9)8-11-5-3-4-6-12(11)14(15)19/h3-7H,8H2,1-2H3,(H2,15,19). The van der Waals surface area contributed by atoms with Crippen LogP contribution in [0.3, 0.4) is 0 Å². The van der Waals surface area contributed by atoms with E-state index in [0.717, 1.165) is 16.8 Å². The Balaban J connectivity index is 2.48. The van der Waals surface area contributed by atoms with Crippen LogP contribution in [0, 0.1) is 13.8 Å². The summed E-state index contributed by atoms with van der Waals surface area (Å²) in [6.45, 7) is 4.05. The van der Waals surface area contributed by atoms with E-state index in [1.807, 2.05) is 38.1 Å². The third-order valence-electron chi connectivity index (χ3n) is 2.94. The lowest BCUT2D eigenvalue weighted by atomic mass is 10.1. The van der Waals surface area contributed by atoms with E-state index in [1.165, 1.54) is 6.07 Å². The maximum Gasteiger partial charge on any atom is 0.254 e. The lowest BCUT2D eigenvalue weighted by molar-refractivity contribution is 0.693. The molecule has 1 heterocycles. The summed E-state index contributed by atoms with van der Waals surface area (Å²) in [6.07, 6.45) is 0. The van der Waals surface area contributed by atoms with Crippen molar-refractivity contribution in [3.05, 3.63) is 63.3 Å². The highest BCUT2D eigenvalue weighted by atomic mass is 32.1. The quantitative estimate of drug-likeness (QED) is 0.862. The molecule has 0 aliphatic carbocycles. The van der Waals surface area contributed by atoms with Crippen molar-refractivity contribution in [2.75, 3.05) is 0 Å². The minimum absolute atomic E-state index is 0.0669. The maximum absolute atomic E-state index is 12.0. The molecule has 1 aromatic carbocycles. The van der Waals surface area contributed by atoms with Crippen molar-refractivity contribution in [3.8, 4) is 0 Å². The van der Waals surface area contributed by atoms with Crippen LogP contribution in [-0.4, -0.2) is 14.5 Å². The van der Waals surface area contributed by atoms with E-state index < -0.39 is 0 Å². The molecule has 2 rings (SSSR count). The maximum atomic E-state index is 12.0. The number of benzene rings is 1. The van der Waals surface area contributed by atoms with Crippen molar-refractivity contribution in [3.63, 3.8) is 0 Å². The van der Waals surface area contributed by atoms with E-state index in [0.29, 0.717) is 17.4 Å². The van der Waals surface area contributed by atoms with Crippen LogP contribution in [0.1, 0.15) is 22.6 Å². The summed E-state index contributed by atoms with van der Waals surface area (Å²) in [5.41, 5.74) is 8.07. The van der Waals surface area contributed by atoms with E-state index in [9.17, 15) is 4.79 Å². The molecule has 0 amide bonds. The van der Waals surface area contributed by atoms with Crippen molar-refractivity contribution < 1.29 is 0 Å². The van der Waals surface area contributed by atoms with Gasteiger partial charge in [-0.2, -0.15) is 0 Å². The van der Waals surface area contributed by atoms with Crippen molar-refractivity contribution in [2.24, 2.45) is 5.73 Å². The van der Waals surface area contributed by atoms with Crippen molar-refractivity contribution in [2.45, 2.75) is 20.4 Å². The topological polar surface area (TPSA) is 60.9 Å². The summed E-state index contributed by atoms with van der Waals surface area (Å²) in [4.78, 5) is 16.6. The third-order valence-corrected chi connectivity index (χ3v) is 3.16. The molecule has 5 heteroatoms. The Hall–Kier alpha value is -2.01. The van der Waals surface area contributed by atoms with Gasteiger partial charge in [-0.1, -0.05) is 36.5 Å². The lowest BCUT2D eigenvalue weighted by Crippen LogP contribution is -2.25. The number of nitrogens with zero attached hydrogens (tertiary/aromatic N) is 2. The van der Waals surface area contributed by atoms with Crippen molar-refractivity contribution >= 4 is 17.2 Å². The smallest absolute Gasteiger partial charge is 0.254 e. The van der Waals surface area contributed by atoms with Gasteiger partial charge in [0, 0.05) is 17.3 Å². The number of hydrogen-bond donors (Lipinski definition) is 1. The van der Waals surface area contributed by atoms with Gasteiger partial charge in [-0.15, -0.1) is 0 Å². The van der Waals surface area contributed by atoms with Crippen LogP contribution in [-0.2, 0) is 6.54 Å². The minimum atomic E-state index is -0.0669. The lowest BCUT2D eigenvalue weighted by Gasteiger charge is -2.12. The first-order valence-electron chi connectivity index (χ1n) is 5.92. The Morgan fingerprint density at radius 3 is 2.68 bits per heavy atom. The second-order valence-electron chi connectivity index (χ2n) is 4.39. The summed E-state index contributed by atoms with van der Waals surface area (Å²) < 4.78 is 1.62. The van der Waals surface area contributed by atoms with Gasteiger partial charge in [-0.05, 0) is 19.4 Å². The molecule has 2 N–H and O–H groups in total. The SMILES string of the molecule is Cc1cc(=O)n(Cc2ccccc2C(N)=S)c(C)n1. The Bertz CT molecular complexity index is 691. The average Bonchev–Trinajstić information content (AvgIpc) is 2.34. The van der Waals surface area contributed by atoms with E-state index in [4.69, 9.17) is 18.0 Å². The average molecular weight is 273 g/mol. The van der Waals surface area contributed by atoms with Gasteiger partial charge in [-0.3, -0.25) is 9.36 Å². The Labute approximate surface area is 116 Å². The fourth-order valence-corrected chi connectivity index (χ4v) is 2.22. The Kier molecular flexibility index (Phi) is 3.76. The Morgan fingerprint density at radius 1 is 1.37 bits per heavy atom. The first-order valence-corrected chi connectivity index (χ1v) is 6.32. The van der Waals surface area contributed by atoms with Gasteiger partial charge in [0.05, 0.1) is 6.54 Å². The number of thiocarbonyl (C=S) groups is 1. The number of rotatable bonds is 3. The second kappa shape index (κ2) is 5.32. The largest absolute Gasteiger partial charge is 0.389 e. The van der Waals surface area contributed by atoms with E-state index in [1.54, 1.807) is 4.57 Å². The molecule has 0 saturated heterocycles. The highest BCUT2D eigenvalue weighted by molar-refractivity contribution is 7.80. The summed E-state index contributed by atoms with van der Waals surface area (Å²) in [5.74, 6) is 0.683. The molecule has 0 radical (unpaired) electrons. The first-order chi connectivity index (χ1) is 8.99. The predicted molar refractivity (Wildman–Crippen MR) is 79.4 cm³/mol. The predicted octanol–water partition coefficient (Wildman–Crippen LogP) is 1.54. The fraction of sp³-hybridized carbons (Fsp3) is 0.214. The van der Waals surface area contributed by atoms with Crippen LogP contribution in [0.15, 0.2) is 35.1 Å². The van der Waals surface area contributed by atoms with Gasteiger partial charge in [0.15, 0.2) is 0 Å². The summed E-state index contributed by atoms with van der Waals surface area (Å²) in [5, 5.41) is 0. The van der Waals surface area contributed by atoms with E-state index >= 15 is 0 Å². The zero-order valence-corrected chi connectivity index (χ0v) is 11.7. The van der Waals surface area contributed by atoms with Gasteiger partial charge in [-0.25, -0.2) is 4.98 Å². The molecule has 1 aromatic heterocycles. The monoisotopic (exact) mass is 273 g/mol. The molecule has 0 bridgehead atoms. The normalized spacial score (nSPS) is 10.4. The highest BCUT2D eigenvalue weighted by Gasteiger charge is 2.08. The van der Waals surface area contributed by atoms with E-state index in [2.05, 4.69) is 4.98 Å². The molecule has 2 aromatic rings. The van der Waals surface area contributed by atoms with Crippen LogP contribution in [0.5, 0.6) is 0 Å². The molecule has 0 unspecified atom stereocenters. The molecule has 19 heavy (non-hydrogen) atoms. The van der Waals surface area contributed by atoms with Crippen LogP contribution >= 0.6 is 12.2 Å². The van der Waals surface area contributed by atoms with Gasteiger partial charge in [0.25, 0.3) is 5.56 Å². The van der Waals surface area contributed by atoms with Crippen LogP contribution in [0.4, 0.5) is 0 Å². The van der Waals surface area contributed by atoms with Gasteiger partial charge in [0.1, 0.15) is 10.8 Å². The molecule has 0 saturated carbocycles. The van der Waals surface area contributed by atoms with Gasteiger partial charge >= 0.3 is 0 Å². The molecule has 0 fully saturated rings. The fourth-order valence-electron chi connectivity index (χ4n) is 2.03. The molecular formula is C14H15N3OS.